The number of ether oxygens (including phenoxy) is 6. The predicted octanol–water partition coefficient (Wildman–Crippen LogP) is 7.16. The molecule has 5 aromatic rings. The number of oxime groups is 1. The number of aliphatic hydroxyl groups is 2. The van der Waals surface area contributed by atoms with E-state index in [1.54, 1.807) is 0 Å². The van der Waals surface area contributed by atoms with Gasteiger partial charge in [0.05, 0.1) is 64.5 Å². The van der Waals surface area contributed by atoms with Crippen LogP contribution in [0.3, 0.4) is 0 Å². The van der Waals surface area contributed by atoms with Crippen molar-refractivity contribution in [1.29, 1.82) is 0 Å². The molecule has 0 aromatic heterocycles. The van der Waals surface area contributed by atoms with E-state index in [9.17, 15) is 10.2 Å². The van der Waals surface area contributed by atoms with Crippen LogP contribution in [0.15, 0.2) is 157 Å². The Morgan fingerprint density at radius 3 is 1.44 bits per heavy atom. The van der Waals surface area contributed by atoms with Crippen molar-refractivity contribution in [3.05, 3.63) is 179 Å². The smallest absolute Gasteiger partial charge is 0.268 e. The number of nitrogens with zero attached hydrogens (tertiary/aromatic N) is 1. The highest BCUT2D eigenvalue weighted by Gasteiger charge is 2.52. The standard InChI is InChI=1S/C47H51NO9/c49-40(46(47(50)26-27-48-57-47)55-33-39-24-14-5-15-25-39)28-41-43(52-30-36-18-8-2-9-19-36)45(54-32-38-22-12-4-13-23-38)44(53-31-37-20-10-3-11-21-37)42(56-41)34-51-29-35-16-6-1-7-17-35/h1-25,27,40-46,49-50H,26,28-34H2/t40-,41-,42-,43+,44+,45-,46-,47?/m1/s1. The normalized spacial score (nSPS) is 24.1. The van der Waals surface area contributed by atoms with Crippen LogP contribution in [0.25, 0.3) is 0 Å². The molecule has 1 saturated heterocycles. The van der Waals surface area contributed by atoms with Gasteiger partial charge in [-0.2, -0.15) is 0 Å². The summed E-state index contributed by atoms with van der Waals surface area (Å²) in [5, 5.41) is 27.6. The van der Waals surface area contributed by atoms with Gasteiger partial charge in [-0.15, -0.1) is 0 Å². The van der Waals surface area contributed by atoms with E-state index in [4.69, 9.17) is 33.3 Å². The highest BCUT2D eigenvalue weighted by atomic mass is 16.8. The van der Waals surface area contributed by atoms with Crippen molar-refractivity contribution in [2.24, 2.45) is 5.16 Å². The molecule has 0 bridgehead atoms. The number of hydrogen-bond donors (Lipinski definition) is 2. The molecule has 1 fully saturated rings. The number of hydrogen-bond acceptors (Lipinski definition) is 10. The lowest BCUT2D eigenvalue weighted by Gasteiger charge is -2.47. The Morgan fingerprint density at radius 2 is 0.982 bits per heavy atom. The molecule has 298 valence electrons. The summed E-state index contributed by atoms with van der Waals surface area (Å²) in [6.45, 7) is 1.50. The van der Waals surface area contributed by atoms with E-state index in [0.717, 1.165) is 27.8 Å². The average molecular weight is 774 g/mol. The highest BCUT2D eigenvalue weighted by molar-refractivity contribution is 5.59. The lowest BCUT2D eigenvalue weighted by atomic mass is 9.88. The monoisotopic (exact) mass is 773 g/mol. The molecular formula is C47H51NO9. The molecule has 0 radical (unpaired) electrons. The lowest BCUT2D eigenvalue weighted by Crippen LogP contribution is -2.62. The number of benzene rings is 5. The molecule has 0 aliphatic carbocycles. The molecule has 0 amide bonds. The molecule has 8 atom stereocenters. The third-order valence-corrected chi connectivity index (χ3v) is 10.2. The summed E-state index contributed by atoms with van der Waals surface area (Å²) in [5.74, 6) is -1.90. The first-order valence-electron chi connectivity index (χ1n) is 19.5. The Bertz CT molecular complexity index is 1890. The van der Waals surface area contributed by atoms with Crippen molar-refractivity contribution in [3.63, 3.8) is 0 Å². The van der Waals surface area contributed by atoms with Gasteiger partial charge in [0, 0.05) is 6.42 Å². The van der Waals surface area contributed by atoms with Crippen LogP contribution in [0.2, 0.25) is 0 Å². The third-order valence-electron chi connectivity index (χ3n) is 10.2. The maximum absolute atomic E-state index is 12.1. The minimum absolute atomic E-state index is 0.00360. The van der Waals surface area contributed by atoms with Crippen LogP contribution < -0.4 is 0 Å². The van der Waals surface area contributed by atoms with Crippen LogP contribution in [-0.4, -0.2) is 71.5 Å². The first kappa shape index (κ1) is 40.4. The van der Waals surface area contributed by atoms with Crippen LogP contribution in [0.4, 0.5) is 0 Å². The summed E-state index contributed by atoms with van der Waals surface area (Å²) < 4.78 is 40.0. The van der Waals surface area contributed by atoms with E-state index >= 15 is 0 Å². The Labute approximate surface area is 334 Å². The second-order valence-electron chi connectivity index (χ2n) is 14.4. The van der Waals surface area contributed by atoms with Crippen molar-refractivity contribution in [1.82, 2.24) is 0 Å². The summed E-state index contributed by atoms with van der Waals surface area (Å²) in [7, 11) is 0. The average Bonchev–Trinajstić information content (AvgIpc) is 3.70. The van der Waals surface area contributed by atoms with E-state index in [1.807, 2.05) is 152 Å². The molecule has 57 heavy (non-hydrogen) atoms. The highest BCUT2D eigenvalue weighted by Crippen LogP contribution is 2.36. The minimum Gasteiger partial charge on any atom is -0.390 e. The maximum Gasteiger partial charge on any atom is 0.268 e. The van der Waals surface area contributed by atoms with Crippen molar-refractivity contribution in [3.8, 4) is 0 Å². The maximum atomic E-state index is 12.1. The Balaban J connectivity index is 1.21. The summed E-state index contributed by atoms with van der Waals surface area (Å²) in [6.07, 6.45) is -4.42. The predicted molar refractivity (Wildman–Crippen MR) is 215 cm³/mol. The third kappa shape index (κ3) is 11.4. The quantitative estimate of drug-likeness (QED) is 0.0850. The zero-order valence-corrected chi connectivity index (χ0v) is 31.9. The summed E-state index contributed by atoms with van der Waals surface area (Å²) in [4.78, 5) is 5.45. The van der Waals surface area contributed by atoms with Gasteiger partial charge in [-0.05, 0) is 27.8 Å². The van der Waals surface area contributed by atoms with Crippen LogP contribution in [0.1, 0.15) is 40.7 Å². The van der Waals surface area contributed by atoms with Crippen molar-refractivity contribution in [2.45, 2.75) is 94.4 Å². The molecule has 0 saturated carbocycles. The Hall–Kier alpha value is -4.75. The van der Waals surface area contributed by atoms with Crippen LogP contribution in [0, 0.1) is 0 Å². The van der Waals surface area contributed by atoms with E-state index in [1.165, 1.54) is 6.21 Å². The summed E-state index contributed by atoms with van der Waals surface area (Å²) in [5.41, 5.74) is 4.83. The van der Waals surface area contributed by atoms with E-state index < -0.39 is 48.5 Å². The second-order valence-corrected chi connectivity index (χ2v) is 14.4. The van der Waals surface area contributed by atoms with Gasteiger partial charge in [0.2, 0.25) is 0 Å². The van der Waals surface area contributed by atoms with Gasteiger partial charge in [0.25, 0.3) is 5.79 Å². The first-order chi connectivity index (χ1) is 28.0. The van der Waals surface area contributed by atoms with Gasteiger partial charge >= 0.3 is 0 Å². The first-order valence-corrected chi connectivity index (χ1v) is 19.5. The van der Waals surface area contributed by atoms with Crippen LogP contribution in [0.5, 0.6) is 0 Å². The van der Waals surface area contributed by atoms with Crippen molar-refractivity contribution in [2.75, 3.05) is 6.61 Å². The molecule has 2 aliphatic heterocycles. The molecule has 0 spiro atoms. The van der Waals surface area contributed by atoms with Gasteiger partial charge in [-0.1, -0.05) is 157 Å². The van der Waals surface area contributed by atoms with E-state index in [2.05, 4.69) is 5.16 Å². The fraction of sp³-hybridized carbons (Fsp3) is 0.340. The van der Waals surface area contributed by atoms with Crippen molar-refractivity contribution >= 4 is 6.21 Å². The zero-order chi connectivity index (χ0) is 39.1. The number of rotatable bonds is 20. The summed E-state index contributed by atoms with van der Waals surface area (Å²) in [6, 6.07) is 49.3. The number of aliphatic hydroxyl groups excluding tert-OH is 1. The molecule has 2 N–H and O–H groups in total. The molecule has 1 unspecified atom stereocenters. The minimum atomic E-state index is -1.90. The van der Waals surface area contributed by atoms with E-state index in [-0.39, 0.29) is 39.3 Å². The molecule has 2 aliphatic rings. The second kappa shape index (κ2) is 20.6. The van der Waals surface area contributed by atoms with Crippen molar-refractivity contribution < 1.29 is 43.5 Å². The van der Waals surface area contributed by atoms with Gasteiger partial charge < -0.3 is 43.5 Å². The Morgan fingerprint density at radius 1 is 0.561 bits per heavy atom. The van der Waals surface area contributed by atoms with Gasteiger partial charge in [-0.25, -0.2) is 0 Å². The molecular weight excluding hydrogens is 723 g/mol. The molecule has 7 rings (SSSR count). The molecule has 5 aromatic carbocycles. The van der Waals surface area contributed by atoms with Crippen LogP contribution in [-0.2, 0) is 66.3 Å². The van der Waals surface area contributed by atoms with Gasteiger partial charge in [-0.3, -0.25) is 0 Å². The SMILES string of the molecule is O[C@H](C[C@H]1O[C@H](COCc2ccccc2)[C@H](OCc2ccccc2)[C@H](OCc2ccccc2)[C@H]1OCc1ccccc1)[C@@H](OCc1ccccc1)C1(O)CC=NO1. The molecule has 2 heterocycles. The lowest BCUT2D eigenvalue weighted by molar-refractivity contribution is -0.294. The molecule has 10 nitrogen and oxygen atoms in total. The fourth-order valence-electron chi connectivity index (χ4n) is 7.24. The largest absolute Gasteiger partial charge is 0.390 e. The van der Waals surface area contributed by atoms with Gasteiger partial charge in [0.15, 0.2) is 6.10 Å². The van der Waals surface area contributed by atoms with Crippen LogP contribution >= 0.6 is 0 Å². The van der Waals surface area contributed by atoms with E-state index in [0.29, 0.717) is 13.2 Å². The van der Waals surface area contributed by atoms with Gasteiger partial charge in [0.1, 0.15) is 24.4 Å². The topological polar surface area (TPSA) is 117 Å². The summed E-state index contributed by atoms with van der Waals surface area (Å²) >= 11 is 0. The molecule has 10 heteroatoms. The fourth-order valence-corrected chi connectivity index (χ4v) is 7.24. The Kier molecular flexibility index (Phi) is 14.6. The zero-order valence-electron chi connectivity index (χ0n) is 31.9.